The molecule has 1 aliphatic heterocycles. The topological polar surface area (TPSA) is 99.7 Å². The van der Waals surface area contributed by atoms with Gasteiger partial charge in [-0.2, -0.15) is 5.10 Å². The van der Waals surface area contributed by atoms with Crippen molar-refractivity contribution in [2.45, 2.75) is 12.8 Å². The molecule has 1 amide bonds. The third-order valence-corrected chi connectivity index (χ3v) is 4.12. The lowest BCUT2D eigenvalue weighted by atomic mass is 10.2. The summed E-state index contributed by atoms with van der Waals surface area (Å²) in [7, 11) is 0. The standard InChI is InChI=1S/C17H17N7O/c25-17(13-6-7-15(22-21-13)24-9-3-4-10-24)20-14-11-19-23-16(14)12-5-1-2-8-18-12/h1-2,5-8,11H,3-4,9-10H2,(H,19,23)(H,20,25). The molecule has 1 fully saturated rings. The molecule has 25 heavy (non-hydrogen) atoms. The van der Waals surface area contributed by atoms with Crippen molar-refractivity contribution in [2.75, 3.05) is 23.3 Å². The Balaban J connectivity index is 1.50. The average molecular weight is 335 g/mol. The lowest BCUT2D eigenvalue weighted by Crippen LogP contribution is -2.21. The van der Waals surface area contributed by atoms with E-state index in [0.717, 1.165) is 18.9 Å². The van der Waals surface area contributed by atoms with Crippen LogP contribution in [0.4, 0.5) is 11.5 Å². The average Bonchev–Trinajstić information content (AvgIpc) is 3.35. The highest BCUT2D eigenvalue weighted by molar-refractivity contribution is 6.04. The highest BCUT2D eigenvalue weighted by Crippen LogP contribution is 2.23. The number of carbonyl (C=O) groups excluding carboxylic acids is 1. The molecule has 0 aliphatic carbocycles. The molecule has 0 unspecified atom stereocenters. The van der Waals surface area contributed by atoms with Gasteiger partial charge in [0.2, 0.25) is 0 Å². The van der Waals surface area contributed by atoms with Gasteiger partial charge in [-0.25, -0.2) is 0 Å². The van der Waals surface area contributed by atoms with Crippen LogP contribution in [0.2, 0.25) is 0 Å². The number of nitrogens with zero attached hydrogens (tertiary/aromatic N) is 5. The molecule has 0 aromatic carbocycles. The number of carbonyl (C=O) groups is 1. The monoisotopic (exact) mass is 335 g/mol. The van der Waals surface area contributed by atoms with Gasteiger partial charge in [0.15, 0.2) is 11.5 Å². The van der Waals surface area contributed by atoms with Gasteiger partial charge in [0.05, 0.1) is 17.6 Å². The van der Waals surface area contributed by atoms with E-state index in [2.05, 4.69) is 35.6 Å². The Morgan fingerprint density at radius 1 is 1.12 bits per heavy atom. The molecule has 8 heteroatoms. The fraction of sp³-hybridized carbons (Fsp3) is 0.235. The van der Waals surface area contributed by atoms with E-state index in [1.807, 2.05) is 24.3 Å². The minimum absolute atomic E-state index is 0.260. The largest absolute Gasteiger partial charge is 0.355 e. The molecule has 0 spiro atoms. The third-order valence-electron chi connectivity index (χ3n) is 4.12. The van der Waals surface area contributed by atoms with Gasteiger partial charge in [-0.1, -0.05) is 6.07 Å². The Labute approximate surface area is 144 Å². The number of anilines is 2. The zero-order chi connectivity index (χ0) is 17.1. The van der Waals surface area contributed by atoms with Crippen LogP contribution in [0.15, 0.2) is 42.7 Å². The predicted octanol–water partition coefficient (Wildman–Crippen LogP) is 2.11. The first-order valence-corrected chi connectivity index (χ1v) is 8.16. The lowest BCUT2D eigenvalue weighted by molar-refractivity contribution is 0.102. The first kappa shape index (κ1) is 15.3. The molecule has 1 aliphatic rings. The number of amides is 1. The van der Waals surface area contributed by atoms with E-state index in [1.165, 1.54) is 12.8 Å². The summed E-state index contributed by atoms with van der Waals surface area (Å²) in [6.07, 6.45) is 5.57. The van der Waals surface area contributed by atoms with Crippen LogP contribution in [-0.2, 0) is 0 Å². The molecular weight excluding hydrogens is 318 g/mol. The van der Waals surface area contributed by atoms with Gasteiger partial charge in [0.1, 0.15) is 5.69 Å². The Morgan fingerprint density at radius 3 is 2.72 bits per heavy atom. The Bertz CT molecular complexity index is 854. The van der Waals surface area contributed by atoms with Crippen LogP contribution < -0.4 is 10.2 Å². The maximum Gasteiger partial charge on any atom is 0.276 e. The first-order valence-electron chi connectivity index (χ1n) is 8.16. The molecule has 3 aromatic rings. The second kappa shape index (κ2) is 6.68. The van der Waals surface area contributed by atoms with Gasteiger partial charge in [-0.05, 0) is 37.1 Å². The minimum atomic E-state index is -0.334. The summed E-state index contributed by atoms with van der Waals surface area (Å²) in [6.45, 7) is 1.98. The fourth-order valence-electron chi connectivity index (χ4n) is 2.83. The molecule has 0 radical (unpaired) electrons. The van der Waals surface area contributed by atoms with Crippen LogP contribution >= 0.6 is 0 Å². The van der Waals surface area contributed by atoms with Crippen LogP contribution in [0.25, 0.3) is 11.4 Å². The van der Waals surface area contributed by atoms with Crippen LogP contribution in [0.5, 0.6) is 0 Å². The first-order chi connectivity index (χ1) is 12.3. The predicted molar refractivity (Wildman–Crippen MR) is 93.3 cm³/mol. The third kappa shape index (κ3) is 3.18. The Hall–Kier alpha value is -3.29. The van der Waals surface area contributed by atoms with Crippen molar-refractivity contribution in [3.8, 4) is 11.4 Å². The van der Waals surface area contributed by atoms with Crippen LogP contribution in [0.1, 0.15) is 23.3 Å². The molecule has 4 heterocycles. The quantitative estimate of drug-likeness (QED) is 0.757. The van der Waals surface area contributed by atoms with Crippen molar-refractivity contribution in [1.29, 1.82) is 0 Å². The van der Waals surface area contributed by atoms with Crippen LogP contribution in [-0.4, -0.2) is 44.4 Å². The van der Waals surface area contributed by atoms with E-state index in [-0.39, 0.29) is 11.6 Å². The molecule has 2 N–H and O–H groups in total. The van der Waals surface area contributed by atoms with Gasteiger partial charge in [0, 0.05) is 19.3 Å². The minimum Gasteiger partial charge on any atom is -0.355 e. The molecule has 3 aromatic heterocycles. The Morgan fingerprint density at radius 2 is 2.00 bits per heavy atom. The Kier molecular flexibility index (Phi) is 4.07. The van der Waals surface area contributed by atoms with Crippen molar-refractivity contribution >= 4 is 17.4 Å². The molecular formula is C17H17N7O. The van der Waals surface area contributed by atoms with Gasteiger partial charge < -0.3 is 10.2 Å². The van der Waals surface area contributed by atoms with E-state index in [9.17, 15) is 4.79 Å². The second-order valence-electron chi connectivity index (χ2n) is 5.80. The summed E-state index contributed by atoms with van der Waals surface area (Å²) in [5, 5.41) is 17.9. The number of pyridine rings is 1. The van der Waals surface area contributed by atoms with Crippen molar-refractivity contribution in [3.05, 3.63) is 48.4 Å². The molecule has 0 saturated carbocycles. The van der Waals surface area contributed by atoms with E-state index >= 15 is 0 Å². The van der Waals surface area contributed by atoms with Gasteiger partial charge >= 0.3 is 0 Å². The zero-order valence-corrected chi connectivity index (χ0v) is 13.5. The highest BCUT2D eigenvalue weighted by atomic mass is 16.1. The molecule has 0 atom stereocenters. The molecule has 126 valence electrons. The number of hydrogen-bond acceptors (Lipinski definition) is 6. The maximum absolute atomic E-state index is 12.4. The van der Waals surface area contributed by atoms with Crippen LogP contribution in [0, 0.1) is 0 Å². The fourth-order valence-corrected chi connectivity index (χ4v) is 2.83. The number of aromatic amines is 1. The molecule has 1 saturated heterocycles. The summed E-state index contributed by atoms with van der Waals surface area (Å²) >= 11 is 0. The lowest BCUT2D eigenvalue weighted by Gasteiger charge is -2.15. The summed E-state index contributed by atoms with van der Waals surface area (Å²) in [4.78, 5) is 18.9. The van der Waals surface area contributed by atoms with E-state index in [1.54, 1.807) is 18.5 Å². The van der Waals surface area contributed by atoms with Crippen molar-refractivity contribution in [1.82, 2.24) is 25.4 Å². The smallest absolute Gasteiger partial charge is 0.276 e. The van der Waals surface area contributed by atoms with Crippen LogP contribution in [0.3, 0.4) is 0 Å². The number of aromatic nitrogens is 5. The number of rotatable bonds is 4. The summed E-state index contributed by atoms with van der Waals surface area (Å²) < 4.78 is 0. The van der Waals surface area contributed by atoms with E-state index < -0.39 is 0 Å². The zero-order valence-electron chi connectivity index (χ0n) is 13.5. The van der Waals surface area contributed by atoms with Crippen molar-refractivity contribution in [2.24, 2.45) is 0 Å². The van der Waals surface area contributed by atoms with Gasteiger partial charge in [0.25, 0.3) is 5.91 Å². The maximum atomic E-state index is 12.4. The van der Waals surface area contributed by atoms with E-state index in [0.29, 0.717) is 17.1 Å². The second-order valence-corrected chi connectivity index (χ2v) is 5.80. The molecule has 0 bridgehead atoms. The normalized spacial score (nSPS) is 13.8. The SMILES string of the molecule is O=C(Nc1cn[nH]c1-c1ccccn1)c1ccc(N2CCCC2)nn1. The van der Waals surface area contributed by atoms with E-state index in [4.69, 9.17) is 0 Å². The van der Waals surface area contributed by atoms with Crippen molar-refractivity contribution in [3.63, 3.8) is 0 Å². The van der Waals surface area contributed by atoms with Gasteiger partial charge in [-0.15, -0.1) is 10.2 Å². The molecule has 4 rings (SSSR count). The summed E-state index contributed by atoms with van der Waals surface area (Å²) in [5.41, 5.74) is 2.16. The summed E-state index contributed by atoms with van der Waals surface area (Å²) in [6, 6.07) is 9.07. The number of hydrogen-bond donors (Lipinski definition) is 2. The van der Waals surface area contributed by atoms with Gasteiger partial charge in [-0.3, -0.25) is 14.9 Å². The number of H-pyrrole nitrogens is 1. The highest BCUT2D eigenvalue weighted by Gasteiger charge is 2.17. The molecule has 8 nitrogen and oxygen atoms in total. The number of nitrogens with one attached hydrogen (secondary N) is 2. The van der Waals surface area contributed by atoms with Crippen molar-refractivity contribution < 1.29 is 4.79 Å². The summed E-state index contributed by atoms with van der Waals surface area (Å²) in [5.74, 6) is 0.477.